The van der Waals surface area contributed by atoms with Gasteiger partial charge in [-0.3, -0.25) is 0 Å². The number of nitrogen functional groups attached to an aromatic ring is 1. The van der Waals surface area contributed by atoms with E-state index < -0.39 is 10.2 Å². The summed E-state index contributed by atoms with van der Waals surface area (Å²) < 4.78 is 32.3. The number of rotatable bonds is 3. The summed E-state index contributed by atoms with van der Waals surface area (Å²) in [4.78, 5) is 4.18. The van der Waals surface area contributed by atoms with Crippen molar-refractivity contribution in [2.45, 2.75) is 6.10 Å². The molecule has 1 aromatic rings. The van der Waals surface area contributed by atoms with Gasteiger partial charge in [0.05, 0.1) is 12.3 Å². The van der Waals surface area contributed by atoms with Gasteiger partial charge in [-0.15, -0.1) is 0 Å². The summed E-state index contributed by atoms with van der Waals surface area (Å²) in [5.74, 6) is 0.397. The molecule has 0 radical (unpaired) electrons. The molecule has 2 rings (SSSR count). The smallest absolute Gasteiger partial charge is 0.281 e. The molecule has 0 bridgehead atoms. The van der Waals surface area contributed by atoms with Crippen LogP contribution in [-0.2, 0) is 14.9 Å². The summed E-state index contributed by atoms with van der Waals surface area (Å²) in [5.41, 5.74) is 6.28. The van der Waals surface area contributed by atoms with Crippen molar-refractivity contribution in [3.8, 4) is 0 Å². The van der Waals surface area contributed by atoms with Gasteiger partial charge in [-0.05, 0) is 12.1 Å². The van der Waals surface area contributed by atoms with Gasteiger partial charge in [0.1, 0.15) is 11.9 Å². The Morgan fingerprint density at radius 1 is 1.47 bits per heavy atom. The molecule has 0 saturated carbocycles. The molecule has 19 heavy (non-hydrogen) atoms. The van der Waals surface area contributed by atoms with Crippen molar-refractivity contribution in [1.29, 1.82) is 0 Å². The molecule has 7 nitrogen and oxygen atoms in total. The SMILES string of the molecule is CN(C)S(=O)(=O)N1CCO[C@H](c2cccc(N)n2)C1. The zero-order chi connectivity index (χ0) is 14.0. The largest absolute Gasteiger partial charge is 0.384 e. The molecule has 0 unspecified atom stereocenters. The molecule has 2 heterocycles. The molecule has 1 saturated heterocycles. The van der Waals surface area contributed by atoms with Gasteiger partial charge >= 0.3 is 0 Å². The molecule has 0 spiro atoms. The minimum atomic E-state index is -3.42. The number of morpholine rings is 1. The van der Waals surface area contributed by atoms with Gasteiger partial charge in [-0.1, -0.05) is 6.07 Å². The minimum absolute atomic E-state index is 0.247. The quantitative estimate of drug-likeness (QED) is 0.834. The van der Waals surface area contributed by atoms with E-state index in [2.05, 4.69) is 4.98 Å². The van der Waals surface area contributed by atoms with Crippen molar-refractivity contribution in [1.82, 2.24) is 13.6 Å². The second-order valence-electron chi connectivity index (χ2n) is 4.49. The Morgan fingerprint density at radius 3 is 2.84 bits per heavy atom. The second kappa shape index (κ2) is 5.41. The molecule has 8 heteroatoms. The van der Waals surface area contributed by atoms with Crippen molar-refractivity contribution in [3.05, 3.63) is 23.9 Å². The van der Waals surface area contributed by atoms with Crippen molar-refractivity contribution in [2.75, 3.05) is 39.5 Å². The molecule has 0 aliphatic carbocycles. The van der Waals surface area contributed by atoms with Crippen LogP contribution in [0.5, 0.6) is 0 Å². The van der Waals surface area contributed by atoms with Crippen molar-refractivity contribution < 1.29 is 13.2 Å². The molecule has 2 N–H and O–H groups in total. The van der Waals surface area contributed by atoms with Crippen LogP contribution in [0.4, 0.5) is 5.82 Å². The van der Waals surface area contributed by atoms with Crippen LogP contribution >= 0.6 is 0 Å². The van der Waals surface area contributed by atoms with E-state index in [1.165, 1.54) is 22.7 Å². The van der Waals surface area contributed by atoms with Gasteiger partial charge in [0.2, 0.25) is 0 Å². The Morgan fingerprint density at radius 2 is 2.21 bits per heavy atom. The molecule has 0 amide bonds. The zero-order valence-corrected chi connectivity index (χ0v) is 11.8. The first-order valence-electron chi connectivity index (χ1n) is 5.93. The highest BCUT2D eigenvalue weighted by Gasteiger charge is 2.32. The lowest BCUT2D eigenvalue weighted by Gasteiger charge is -2.33. The molecule has 106 valence electrons. The van der Waals surface area contributed by atoms with Crippen LogP contribution in [0.25, 0.3) is 0 Å². The normalized spacial score (nSPS) is 21.7. The van der Waals surface area contributed by atoms with Gasteiger partial charge in [0, 0.05) is 27.2 Å². The second-order valence-corrected chi connectivity index (χ2v) is 6.64. The number of hydrogen-bond acceptors (Lipinski definition) is 5. The van der Waals surface area contributed by atoms with Gasteiger partial charge in [-0.2, -0.15) is 17.0 Å². The number of aromatic nitrogens is 1. The lowest BCUT2D eigenvalue weighted by Crippen LogP contribution is -2.47. The fourth-order valence-electron chi connectivity index (χ4n) is 1.89. The number of anilines is 1. The van der Waals surface area contributed by atoms with Crippen LogP contribution in [0, 0.1) is 0 Å². The average Bonchev–Trinajstić information content (AvgIpc) is 2.38. The van der Waals surface area contributed by atoms with E-state index in [0.717, 1.165) is 0 Å². The molecule has 1 fully saturated rings. The van der Waals surface area contributed by atoms with Gasteiger partial charge in [0.15, 0.2) is 0 Å². The van der Waals surface area contributed by atoms with Gasteiger partial charge < -0.3 is 10.5 Å². The highest BCUT2D eigenvalue weighted by atomic mass is 32.2. The number of pyridine rings is 1. The number of nitrogens with zero attached hydrogens (tertiary/aromatic N) is 3. The molecule has 1 aliphatic heterocycles. The van der Waals surface area contributed by atoms with E-state index in [1.54, 1.807) is 18.2 Å². The maximum Gasteiger partial charge on any atom is 0.281 e. The average molecular weight is 286 g/mol. The van der Waals surface area contributed by atoms with Gasteiger partial charge in [-0.25, -0.2) is 4.98 Å². The third-order valence-corrected chi connectivity index (χ3v) is 4.85. The summed E-state index contributed by atoms with van der Waals surface area (Å²) >= 11 is 0. The first-order valence-corrected chi connectivity index (χ1v) is 7.32. The number of ether oxygens (including phenoxy) is 1. The van der Waals surface area contributed by atoms with Crippen LogP contribution in [0.15, 0.2) is 18.2 Å². The Balaban J connectivity index is 2.18. The van der Waals surface area contributed by atoms with E-state index >= 15 is 0 Å². The third-order valence-electron chi connectivity index (χ3n) is 2.94. The Labute approximate surface area is 113 Å². The lowest BCUT2D eigenvalue weighted by molar-refractivity contribution is -0.00615. The Hall–Kier alpha value is -1.22. The van der Waals surface area contributed by atoms with Crippen LogP contribution in [0.1, 0.15) is 11.8 Å². The summed E-state index contributed by atoms with van der Waals surface area (Å²) in [6.07, 6.45) is -0.382. The highest BCUT2D eigenvalue weighted by molar-refractivity contribution is 7.86. The minimum Gasteiger partial charge on any atom is -0.384 e. The fraction of sp³-hybridized carbons (Fsp3) is 0.545. The molecule has 1 aromatic heterocycles. The van der Waals surface area contributed by atoms with Crippen LogP contribution in [0.3, 0.4) is 0 Å². The van der Waals surface area contributed by atoms with Crippen molar-refractivity contribution >= 4 is 16.0 Å². The molecular weight excluding hydrogens is 268 g/mol. The summed E-state index contributed by atoms with van der Waals surface area (Å²) in [7, 11) is -0.398. The standard InChI is InChI=1S/C11H18N4O3S/c1-14(2)19(16,17)15-6-7-18-10(8-15)9-4-3-5-11(12)13-9/h3-5,10H,6-8H2,1-2H3,(H2,12,13)/t10-/m0/s1. The highest BCUT2D eigenvalue weighted by Crippen LogP contribution is 2.23. The van der Waals surface area contributed by atoms with Crippen LogP contribution in [0.2, 0.25) is 0 Å². The van der Waals surface area contributed by atoms with Crippen molar-refractivity contribution in [2.24, 2.45) is 0 Å². The van der Waals surface area contributed by atoms with E-state index in [-0.39, 0.29) is 12.6 Å². The Kier molecular flexibility index (Phi) is 4.04. The molecular formula is C11H18N4O3S. The lowest BCUT2D eigenvalue weighted by atomic mass is 10.2. The van der Waals surface area contributed by atoms with Crippen molar-refractivity contribution in [3.63, 3.8) is 0 Å². The number of nitrogens with two attached hydrogens (primary N) is 1. The van der Waals surface area contributed by atoms with Crippen LogP contribution in [-0.4, -0.2) is 55.8 Å². The van der Waals surface area contributed by atoms with Gasteiger partial charge in [0.25, 0.3) is 10.2 Å². The van der Waals surface area contributed by atoms with Crippen LogP contribution < -0.4 is 5.73 Å². The molecule has 0 aromatic carbocycles. The number of hydrogen-bond donors (Lipinski definition) is 1. The first kappa shape index (κ1) is 14.2. The predicted octanol–water partition coefficient (Wildman–Crippen LogP) is -0.156. The summed E-state index contributed by atoms with van der Waals surface area (Å²) in [6.45, 7) is 0.935. The topological polar surface area (TPSA) is 88.8 Å². The Bertz CT molecular complexity index is 547. The van der Waals surface area contributed by atoms with E-state index in [9.17, 15) is 8.42 Å². The van der Waals surface area contributed by atoms with E-state index in [1.807, 2.05) is 0 Å². The molecule has 1 atom stereocenters. The monoisotopic (exact) mass is 286 g/mol. The predicted molar refractivity (Wildman–Crippen MR) is 71.5 cm³/mol. The summed E-state index contributed by atoms with van der Waals surface area (Å²) in [5, 5.41) is 0. The molecule has 1 aliphatic rings. The van der Waals surface area contributed by atoms with E-state index in [4.69, 9.17) is 10.5 Å². The van der Waals surface area contributed by atoms with E-state index in [0.29, 0.717) is 24.7 Å². The summed E-state index contributed by atoms with van der Waals surface area (Å²) in [6, 6.07) is 5.24. The fourth-order valence-corrected chi connectivity index (χ4v) is 2.98. The zero-order valence-electron chi connectivity index (χ0n) is 11.0. The third kappa shape index (κ3) is 3.03. The first-order chi connectivity index (χ1) is 8.91. The maximum atomic E-state index is 12.1. The maximum absolute atomic E-state index is 12.1.